The Morgan fingerprint density at radius 3 is 2.79 bits per heavy atom. The van der Waals surface area contributed by atoms with Crippen LogP contribution in [0.15, 0.2) is 28.8 Å². The van der Waals surface area contributed by atoms with Gasteiger partial charge in [0.1, 0.15) is 11.5 Å². The number of methoxy groups -OCH3 is 2. The molecule has 1 fully saturated rings. The summed E-state index contributed by atoms with van der Waals surface area (Å²) in [5.74, 6) is 2.90. The van der Waals surface area contributed by atoms with Crippen LogP contribution in [-0.2, 0) is 6.54 Å². The topological polar surface area (TPSA) is 47.7 Å². The second kappa shape index (κ2) is 7.26. The standard InChI is InChI=1S/C19H26N2O3/c1-13(2)18-11-15(20-24-18)16-8-6-10-21(16)12-14-7-5-9-17(22-3)19(14)23-4/h5,7,9,11,13,16H,6,8,10,12H2,1-4H3/t16-/m0/s1. The molecule has 130 valence electrons. The Hall–Kier alpha value is -2.01. The van der Waals surface area contributed by atoms with Crippen LogP contribution in [0.2, 0.25) is 0 Å². The summed E-state index contributed by atoms with van der Waals surface area (Å²) < 4.78 is 16.5. The van der Waals surface area contributed by atoms with Crippen molar-refractivity contribution in [1.29, 1.82) is 0 Å². The summed E-state index contributed by atoms with van der Waals surface area (Å²) in [6, 6.07) is 8.44. The third-order valence-electron chi connectivity index (χ3n) is 4.68. The number of para-hydroxylation sites is 1. The van der Waals surface area contributed by atoms with Gasteiger partial charge < -0.3 is 14.0 Å². The van der Waals surface area contributed by atoms with Crippen LogP contribution in [0.1, 0.15) is 55.7 Å². The van der Waals surface area contributed by atoms with E-state index in [9.17, 15) is 0 Å². The van der Waals surface area contributed by atoms with E-state index in [0.717, 1.165) is 48.0 Å². The second-order valence-electron chi connectivity index (χ2n) is 6.59. The van der Waals surface area contributed by atoms with Crippen LogP contribution in [0.3, 0.4) is 0 Å². The summed E-state index contributed by atoms with van der Waals surface area (Å²) in [7, 11) is 3.36. The van der Waals surface area contributed by atoms with E-state index in [-0.39, 0.29) is 0 Å². The highest BCUT2D eigenvalue weighted by Gasteiger charge is 2.30. The van der Waals surface area contributed by atoms with Crippen molar-refractivity contribution in [2.75, 3.05) is 20.8 Å². The van der Waals surface area contributed by atoms with Crippen LogP contribution < -0.4 is 9.47 Å². The van der Waals surface area contributed by atoms with E-state index in [2.05, 4.69) is 36.0 Å². The molecule has 0 spiro atoms. The molecule has 3 rings (SSSR count). The third kappa shape index (κ3) is 3.26. The van der Waals surface area contributed by atoms with Crippen molar-refractivity contribution in [2.45, 2.75) is 45.2 Å². The van der Waals surface area contributed by atoms with Crippen molar-refractivity contribution in [3.8, 4) is 11.5 Å². The average Bonchev–Trinajstić information content (AvgIpc) is 3.23. The van der Waals surface area contributed by atoms with Crippen LogP contribution >= 0.6 is 0 Å². The molecule has 0 radical (unpaired) electrons. The minimum Gasteiger partial charge on any atom is -0.493 e. The van der Waals surface area contributed by atoms with Gasteiger partial charge in [0.2, 0.25) is 0 Å². The van der Waals surface area contributed by atoms with Gasteiger partial charge in [0.15, 0.2) is 11.5 Å². The molecule has 0 aliphatic carbocycles. The predicted octanol–water partition coefficient (Wildman–Crippen LogP) is 4.15. The second-order valence-corrected chi connectivity index (χ2v) is 6.59. The van der Waals surface area contributed by atoms with Gasteiger partial charge in [-0.15, -0.1) is 0 Å². The van der Waals surface area contributed by atoms with Crippen LogP contribution in [0.5, 0.6) is 11.5 Å². The van der Waals surface area contributed by atoms with Gasteiger partial charge in [-0.3, -0.25) is 4.90 Å². The van der Waals surface area contributed by atoms with Crippen molar-refractivity contribution in [3.63, 3.8) is 0 Å². The fourth-order valence-corrected chi connectivity index (χ4v) is 3.38. The molecule has 1 aromatic heterocycles. The number of rotatable bonds is 6. The lowest BCUT2D eigenvalue weighted by Crippen LogP contribution is -2.23. The molecule has 0 amide bonds. The molecule has 5 nitrogen and oxygen atoms in total. The molecule has 1 aromatic carbocycles. The van der Waals surface area contributed by atoms with Crippen LogP contribution in [0.4, 0.5) is 0 Å². The van der Waals surface area contributed by atoms with Crippen LogP contribution in [0.25, 0.3) is 0 Å². The zero-order chi connectivity index (χ0) is 17.1. The molecule has 1 aliphatic heterocycles. The van der Waals surface area contributed by atoms with E-state index in [0.29, 0.717) is 12.0 Å². The normalized spacial score (nSPS) is 18.3. The number of hydrogen-bond donors (Lipinski definition) is 0. The summed E-state index contributed by atoms with van der Waals surface area (Å²) in [4.78, 5) is 2.44. The molecule has 2 heterocycles. The van der Waals surface area contributed by atoms with Crippen molar-refractivity contribution in [3.05, 3.63) is 41.3 Å². The van der Waals surface area contributed by atoms with E-state index in [4.69, 9.17) is 14.0 Å². The number of likely N-dealkylation sites (tertiary alicyclic amines) is 1. The van der Waals surface area contributed by atoms with Crippen molar-refractivity contribution in [2.24, 2.45) is 0 Å². The number of hydrogen-bond acceptors (Lipinski definition) is 5. The highest BCUT2D eigenvalue weighted by molar-refractivity contribution is 5.46. The summed E-state index contributed by atoms with van der Waals surface area (Å²) in [5, 5.41) is 4.32. The Kier molecular flexibility index (Phi) is 5.09. The molecule has 24 heavy (non-hydrogen) atoms. The van der Waals surface area contributed by atoms with E-state index >= 15 is 0 Å². The Labute approximate surface area is 143 Å². The highest BCUT2D eigenvalue weighted by atomic mass is 16.5. The van der Waals surface area contributed by atoms with Crippen molar-refractivity contribution in [1.82, 2.24) is 10.1 Å². The monoisotopic (exact) mass is 330 g/mol. The molecule has 0 bridgehead atoms. The predicted molar refractivity (Wildman–Crippen MR) is 92.5 cm³/mol. The van der Waals surface area contributed by atoms with Crippen LogP contribution in [0, 0.1) is 0 Å². The smallest absolute Gasteiger partial charge is 0.165 e. The molecule has 0 unspecified atom stereocenters. The van der Waals surface area contributed by atoms with E-state index in [1.54, 1.807) is 14.2 Å². The number of aromatic nitrogens is 1. The third-order valence-corrected chi connectivity index (χ3v) is 4.68. The fraction of sp³-hybridized carbons (Fsp3) is 0.526. The summed E-state index contributed by atoms with van der Waals surface area (Å²) in [6.45, 7) is 6.11. The van der Waals surface area contributed by atoms with Gasteiger partial charge in [-0.1, -0.05) is 31.1 Å². The molecule has 0 N–H and O–H groups in total. The first kappa shape index (κ1) is 16.8. The summed E-state index contributed by atoms with van der Waals surface area (Å²) in [5.41, 5.74) is 2.18. The largest absolute Gasteiger partial charge is 0.493 e. The maximum atomic E-state index is 5.57. The quantitative estimate of drug-likeness (QED) is 0.796. The first-order valence-electron chi connectivity index (χ1n) is 8.54. The first-order valence-corrected chi connectivity index (χ1v) is 8.54. The molecule has 1 aliphatic rings. The molecule has 1 atom stereocenters. The Morgan fingerprint density at radius 1 is 1.29 bits per heavy atom. The average molecular weight is 330 g/mol. The SMILES string of the molecule is COc1cccc(CN2CCC[C@H]2c2cc(C(C)C)on2)c1OC. The van der Waals surface area contributed by atoms with E-state index < -0.39 is 0 Å². The van der Waals surface area contributed by atoms with E-state index in [1.807, 2.05) is 12.1 Å². The first-order chi connectivity index (χ1) is 11.6. The molecule has 2 aromatic rings. The van der Waals surface area contributed by atoms with Crippen molar-refractivity contribution < 1.29 is 14.0 Å². The Balaban J connectivity index is 1.81. The molecule has 1 saturated heterocycles. The zero-order valence-corrected chi connectivity index (χ0v) is 14.9. The minimum atomic E-state index is 0.303. The van der Waals surface area contributed by atoms with Gasteiger partial charge in [-0.25, -0.2) is 0 Å². The molecular weight excluding hydrogens is 304 g/mol. The molecular formula is C19H26N2O3. The number of nitrogens with zero attached hydrogens (tertiary/aromatic N) is 2. The van der Waals surface area contributed by atoms with Crippen LogP contribution in [-0.4, -0.2) is 30.8 Å². The maximum absolute atomic E-state index is 5.57. The maximum Gasteiger partial charge on any atom is 0.165 e. The van der Waals surface area contributed by atoms with Gasteiger partial charge in [0, 0.05) is 24.1 Å². The van der Waals surface area contributed by atoms with Gasteiger partial charge in [-0.05, 0) is 25.5 Å². The number of ether oxygens (including phenoxy) is 2. The minimum absolute atomic E-state index is 0.303. The van der Waals surface area contributed by atoms with E-state index in [1.165, 1.54) is 6.42 Å². The fourth-order valence-electron chi connectivity index (χ4n) is 3.38. The lowest BCUT2D eigenvalue weighted by Gasteiger charge is -2.24. The van der Waals surface area contributed by atoms with Gasteiger partial charge in [0.05, 0.1) is 20.3 Å². The van der Waals surface area contributed by atoms with Gasteiger partial charge in [-0.2, -0.15) is 0 Å². The summed E-state index contributed by atoms with van der Waals surface area (Å²) >= 11 is 0. The lowest BCUT2D eigenvalue weighted by atomic mass is 10.1. The van der Waals surface area contributed by atoms with Gasteiger partial charge >= 0.3 is 0 Å². The lowest BCUT2D eigenvalue weighted by molar-refractivity contribution is 0.231. The highest BCUT2D eigenvalue weighted by Crippen LogP contribution is 2.37. The Bertz CT molecular complexity index is 681. The molecule has 0 saturated carbocycles. The zero-order valence-electron chi connectivity index (χ0n) is 14.9. The molecule has 5 heteroatoms. The summed E-state index contributed by atoms with van der Waals surface area (Å²) in [6.07, 6.45) is 2.27. The number of benzene rings is 1. The van der Waals surface area contributed by atoms with Crippen molar-refractivity contribution >= 4 is 0 Å². The Morgan fingerprint density at radius 2 is 2.12 bits per heavy atom. The van der Waals surface area contributed by atoms with Gasteiger partial charge in [0.25, 0.3) is 0 Å².